The maximum Gasteiger partial charge on any atom is 0.286 e. The molecule has 0 spiro atoms. The van der Waals surface area contributed by atoms with Crippen LogP contribution in [0.4, 0.5) is 0 Å². The minimum atomic E-state index is -0.526. The van der Waals surface area contributed by atoms with Gasteiger partial charge in [0.15, 0.2) is 0 Å². The Morgan fingerprint density at radius 1 is 1.75 bits per heavy atom. The van der Waals surface area contributed by atoms with E-state index in [-0.39, 0.29) is 12.3 Å². The zero-order chi connectivity index (χ0) is 9.14. The van der Waals surface area contributed by atoms with Crippen molar-refractivity contribution in [3.05, 3.63) is 16.6 Å². The molecule has 0 heterocycles. The van der Waals surface area contributed by atoms with E-state index in [1.807, 2.05) is 6.92 Å². The van der Waals surface area contributed by atoms with E-state index in [4.69, 9.17) is 0 Å². The Morgan fingerprint density at radius 3 is 2.83 bits per heavy atom. The Morgan fingerprint density at radius 2 is 2.42 bits per heavy atom. The van der Waals surface area contributed by atoms with Crippen LogP contribution in [0.3, 0.4) is 0 Å². The molecule has 0 aromatic rings. The van der Waals surface area contributed by atoms with Gasteiger partial charge in [-0.05, 0) is 25.2 Å². The molecule has 0 N–H and O–H groups in total. The molecule has 1 amide bonds. The summed E-state index contributed by atoms with van der Waals surface area (Å²) < 4.78 is 0. The third-order valence-corrected chi connectivity index (χ3v) is 2.58. The standard InChI is InChI=1S/C9H13NO2/c1-6-3-4-7(2)8(6)5-9(11)10-12/h3,7-8H,4-5H2,1-2H3/t7-,8-/m1/s1. The van der Waals surface area contributed by atoms with Gasteiger partial charge in [0.25, 0.3) is 5.91 Å². The Labute approximate surface area is 71.8 Å². The normalized spacial score (nSPS) is 28.3. The monoisotopic (exact) mass is 167 g/mol. The van der Waals surface area contributed by atoms with Crippen molar-refractivity contribution in [3.8, 4) is 0 Å². The van der Waals surface area contributed by atoms with Gasteiger partial charge in [0, 0.05) is 11.6 Å². The van der Waals surface area contributed by atoms with Gasteiger partial charge < -0.3 is 0 Å². The second-order valence-corrected chi connectivity index (χ2v) is 3.46. The maximum atomic E-state index is 10.8. The Bertz CT molecular complexity index is 233. The second-order valence-electron chi connectivity index (χ2n) is 3.46. The number of nitroso groups, excluding NO2 is 1. The highest BCUT2D eigenvalue weighted by molar-refractivity contribution is 5.77. The summed E-state index contributed by atoms with van der Waals surface area (Å²) in [5.74, 6) is 0.201. The van der Waals surface area contributed by atoms with Crippen molar-refractivity contribution >= 4 is 5.91 Å². The van der Waals surface area contributed by atoms with Gasteiger partial charge in [-0.2, -0.15) is 0 Å². The van der Waals surface area contributed by atoms with E-state index in [1.165, 1.54) is 5.57 Å². The Hall–Kier alpha value is -0.990. The molecule has 0 fully saturated rings. The van der Waals surface area contributed by atoms with Gasteiger partial charge in [-0.15, -0.1) is 4.91 Å². The van der Waals surface area contributed by atoms with E-state index in [1.54, 1.807) is 0 Å². The first-order valence-corrected chi connectivity index (χ1v) is 4.18. The zero-order valence-electron chi connectivity index (χ0n) is 7.41. The fourth-order valence-corrected chi connectivity index (χ4v) is 1.72. The molecular weight excluding hydrogens is 154 g/mol. The average molecular weight is 167 g/mol. The molecule has 0 bridgehead atoms. The molecule has 2 atom stereocenters. The van der Waals surface area contributed by atoms with Crippen molar-refractivity contribution in [2.24, 2.45) is 17.0 Å². The average Bonchev–Trinajstić information content (AvgIpc) is 2.35. The number of carbonyl (C=O) groups is 1. The van der Waals surface area contributed by atoms with Crippen LogP contribution in [-0.4, -0.2) is 5.91 Å². The number of nitrogens with zero attached hydrogens (tertiary/aromatic N) is 1. The molecule has 1 aliphatic rings. The molecule has 0 saturated heterocycles. The van der Waals surface area contributed by atoms with E-state index in [0.29, 0.717) is 5.92 Å². The molecule has 0 aromatic heterocycles. The molecule has 1 aliphatic carbocycles. The van der Waals surface area contributed by atoms with Crippen LogP contribution in [0.2, 0.25) is 0 Å². The summed E-state index contributed by atoms with van der Waals surface area (Å²) in [6, 6.07) is 0. The number of allylic oxidation sites excluding steroid dienone is 2. The van der Waals surface area contributed by atoms with Crippen LogP contribution in [0.1, 0.15) is 26.7 Å². The van der Waals surface area contributed by atoms with Crippen LogP contribution in [0, 0.1) is 16.7 Å². The maximum absolute atomic E-state index is 10.8. The van der Waals surface area contributed by atoms with Crippen molar-refractivity contribution < 1.29 is 4.79 Å². The largest absolute Gasteiger partial charge is 0.286 e. The molecule has 0 aliphatic heterocycles. The van der Waals surface area contributed by atoms with E-state index < -0.39 is 5.91 Å². The van der Waals surface area contributed by atoms with Crippen molar-refractivity contribution in [1.29, 1.82) is 0 Å². The fourth-order valence-electron chi connectivity index (χ4n) is 1.72. The van der Waals surface area contributed by atoms with E-state index in [9.17, 15) is 9.70 Å². The third-order valence-electron chi connectivity index (χ3n) is 2.58. The Balaban J connectivity index is 2.56. The van der Waals surface area contributed by atoms with Crippen molar-refractivity contribution in [1.82, 2.24) is 0 Å². The lowest BCUT2D eigenvalue weighted by atomic mass is 9.90. The highest BCUT2D eigenvalue weighted by Gasteiger charge is 2.25. The lowest BCUT2D eigenvalue weighted by Crippen LogP contribution is -2.11. The van der Waals surface area contributed by atoms with E-state index in [0.717, 1.165) is 6.42 Å². The van der Waals surface area contributed by atoms with Crippen molar-refractivity contribution in [3.63, 3.8) is 0 Å². The summed E-state index contributed by atoms with van der Waals surface area (Å²) in [6.07, 6.45) is 3.43. The molecule has 3 nitrogen and oxygen atoms in total. The fraction of sp³-hybridized carbons (Fsp3) is 0.667. The first kappa shape index (κ1) is 9.10. The first-order valence-electron chi connectivity index (χ1n) is 4.18. The summed E-state index contributed by atoms with van der Waals surface area (Å²) in [6.45, 7) is 4.10. The molecule has 1 rings (SSSR count). The smallest absolute Gasteiger partial charge is 0.269 e. The minimum Gasteiger partial charge on any atom is -0.269 e. The van der Waals surface area contributed by atoms with Crippen LogP contribution < -0.4 is 0 Å². The number of carbonyl (C=O) groups excluding carboxylic acids is 1. The minimum absolute atomic E-state index is 0.246. The summed E-state index contributed by atoms with van der Waals surface area (Å²) in [5.41, 5.74) is 1.22. The van der Waals surface area contributed by atoms with Crippen molar-refractivity contribution in [2.45, 2.75) is 26.7 Å². The molecule has 3 heteroatoms. The number of rotatable bonds is 2. The third kappa shape index (κ3) is 1.78. The predicted molar refractivity (Wildman–Crippen MR) is 46.4 cm³/mol. The van der Waals surface area contributed by atoms with Gasteiger partial charge in [0.1, 0.15) is 0 Å². The van der Waals surface area contributed by atoms with E-state index in [2.05, 4.69) is 18.2 Å². The molecule has 12 heavy (non-hydrogen) atoms. The molecular formula is C9H13NO2. The van der Waals surface area contributed by atoms with Crippen molar-refractivity contribution in [2.75, 3.05) is 0 Å². The van der Waals surface area contributed by atoms with Crippen LogP contribution in [-0.2, 0) is 4.79 Å². The van der Waals surface area contributed by atoms with Gasteiger partial charge in [0.05, 0.1) is 0 Å². The van der Waals surface area contributed by atoms with Gasteiger partial charge in [-0.3, -0.25) is 4.79 Å². The van der Waals surface area contributed by atoms with Crippen LogP contribution in [0.25, 0.3) is 0 Å². The highest BCUT2D eigenvalue weighted by Crippen LogP contribution is 2.33. The first-order chi connectivity index (χ1) is 5.65. The molecule has 0 unspecified atom stereocenters. The number of hydrogen-bond acceptors (Lipinski definition) is 2. The van der Waals surface area contributed by atoms with Crippen LogP contribution >= 0.6 is 0 Å². The summed E-state index contributed by atoms with van der Waals surface area (Å²) >= 11 is 0. The van der Waals surface area contributed by atoms with Gasteiger partial charge >= 0.3 is 0 Å². The summed E-state index contributed by atoms with van der Waals surface area (Å²) in [4.78, 5) is 20.6. The Kier molecular flexibility index (Phi) is 2.74. The van der Waals surface area contributed by atoms with Gasteiger partial charge in [-0.1, -0.05) is 18.6 Å². The predicted octanol–water partition coefficient (Wildman–Crippen LogP) is 2.27. The lowest BCUT2D eigenvalue weighted by Gasteiger charge is -2.14. The topological polar surface area (TPSA) is 46.5 Å². The zero-order valence-corrected chi connectivity index (χ0v) is 7.41. The van der Waals surface area contributed by atoms with E-state index >= 15 is 0 Å². The molecule has 0 aromatic carbocycles. The summed E-state index contributed by atoms with van der Waals surface area (Å²) in [5, 5.41) is 2.40. The molecule has 66 valence electrons. The second kappa shape index (κ2) is 3.61. The van der Waals surface area contributed by atoms with Crippen LogP contribution in [0.15, 0.2) is 16.8 Å². The van der Waals surface area contributed by atoms with Gasteiger partial charge in [0.2, 0.25) is 0 Å². The summed E-state index contributed by atoms with van der Waals surface area (Å²) in [7, 11) is 0. The quantitative estimate of drug-likeness (QED) is 0.468. The number of hydrogen-bond donors (Lipinski definition) is 0. The number of amides is 1. The molecule has 0 saturated carbocycles. The molecule has 0 radical (unpaired) electrons. The SMILES string of the molecule is CC1=CC[C@@H](C)[C@@H]1CC(=O)N=O. The van der Waals surface area contributed by atoms with Crippen LogP contribution in [0.5, 0.6) is 0 Å². The van der Waals surface area contributed by atoms with Gasteiger partial charge in [-0.25, -0.2) is 0 Å². The lowest BCUT2D eigenvalue weighted by molar-refractivity contribution is -0.118. The highest BCUT2D eigenvalue weighted by atomic mass is 16.3.